The first-order valence-electron chi connectivity index (χ1n) is 9.00. The number of amides is 2. The SMILES string of the molecule is CC(=O)OCCCc1cccc(NC(=O)CCNC(=O)c2ccc(Br)cc2)c1. The molecule has 0 aliphatic carbocycles. The van der Waals surface area contributed by atoms with Gasteiger partial charge in [0.1, 0.15) is 0 Å². The molecule has 0 bridgehead atoms. The molecular weight excluding hydrogens is 424 g/mol. The monoisotopic (exact) mass is 446 g/mol. The Balaban J connectivity index is 1.73. The lowest BCUT2D eigenvalue weighted by atomic mass is 10.1. The summed E-state index contributed by atoms with van der Waals surface area (Å²) in [6.07, 6.45) is 1.65. The van der Waals surface area contributed by atoms with Gasteiger partial charge in [0.25, 0.3) is 5.91 Å². The molecule has 148 valence electrons. The van der Waals surface area contributed by atoms with Gasteiger partial charge in [0.2, 0.25) is 5.91 Å². The molecule has 0 aliphatic rings. The van der Waals surface area contributed by atoms with Gasteiger partial charge in [0.05, 0.1) is 6.61 Å². The lowest BCUT2D eigenvalue weighted by Gasteiger charge is -2.09. The van der Waals surface area contributed by atoms with Gasteiger partial charge in [0, 0.05) is 35.6 Å². The highest BCUT2D eigenvalue weighted by atomic mass is 79.9. The van der Waals surface area contributed by atoms with Gasteiger partial charge in [-0.2, -0.15) is 0 Å². The Morgan fingerprint density at radius 1 is 1.07 bits per heavy atom. The molecule has 2 aromatic carbocycles. The lowest BCUT2D eigenvalue weighted by Crippen LogP contribution is -2.27. The number of halogens is 1. The third-order valence-corrected chi connectivity index (χ3v) is 4.40. The van der Waals surface area contributed by atoms with Crippen LogP contribution in [-0.2, 0) is 20.7 Å². The molecule has 0 spiro atoms. The molecule has 0 aliphatic heterocycles. The van der Waals surface area contributed by atoms with Crippen molar-refractivity contribution < 1.29 is 19.1 Å². The van der Waals surface area contributed by atoms with Crippen molar-refractivity contribution in [3.8, 4) is 0 Å². The minimum atomic E-state index is -0.284. The average molecular weight is 447 g/mol. The van der Waals surface area contributed by atoms with Gasteiger partial charge in [-0.1, -0.05) is 28.1 Å². The lowest BCUT2D eigenvalue weighted by molar-refractivity contribution is -0.141. The van der Waals surface area contributed by atoms with Crippen LogP contribution >= 0.6 is 15.9 Å². The van der Waals surface area contributed by atoms with E-state index in [1.807, 2.05) is 24.3 Å². The van der Waals surface area contributed by atoms with Crippen LogP contribution in [0.15, 0.2) is 53.0 Å². The van der Waals surface area contributed by atoms with Gasteiger partial charge in [-0.3, -0.25) is 14.4 Å². The van der Waals surface area contributed by atoms with Crippen LogP contribution in [0, 0.1) is 0 Å². The van der Waals surface area contributed by atoms with Crippen molar-refractivity contribution in [1.29, 1.82) is 0 Å². The number of carbonyl (C=O) groups is 3. The Morgan fingerprint density at radius 3 is 2.54 bits per heavy atom. The Labute approximate surface area is 172 Å². The van der Waals surface area contributed by atoms with Crippen molar-refractivity contribution >= 4 is 39.4 Å². The van der Waals surface area contributed by atoms with E-state index in [2.05, 4.69) is 26.6 Å². The number of hydrogen-bond acceptors (Lipinski definition) is 4. The molecule has 6 nitrogen and oxygen atoms in total. The van der Waals surface area contributed by atoms with E-state index in [-0.39, 0.29) is 30.7 Å². The number of nitrogens with one attached hydrogen (secondary N) is 2. The van der Waals surface area contributed by atoms with Crippen LogP contribution in [0.3, 0.4) is 0 Å². The van der Waals surface area contributed by atoms with E-state index in [0.29, 0.717) is 17.9 Å². The summed E-state index contributed by atoms with van der Waals surface area (Å²) >= 11 is 3.32. The fourth-order valence-electron chi connectivity index (χ4n) is 2.51. The number of rotatable bonds is 9. The number of anilines is 1. The van der Waals surface area contributed by atoms with Crippen molar-refractivity contribution in [2.24, 2.45) is 0 Å². The molecule has 0 radical (unpaired) electrons. The quantitative estimate of drug-likeness (QED) is 0.454. The van der Waals surface area contributed by atoms with Gasteiger partial charge < -0.3 is 15.4 Å². The van der Waals surface area contributed by atoms with Crippen molar-refractivity contribution in [1.82, 2.24) is 5.32 Å². The zero-order chi connectivity index (χ0) is 20.4. The maximum absolute atomic E-state index is 12.1. The first-order chi connectivity index (χ1) is 13.4. The molecule has 0 saturated carbocycles. The highest BCUT2D eigenvalue weighted by molar-refractivity contribution is 9.10. The van der Waals surface area contributed by atoms with Crippen molar-refractivity contribution in [3.63, 3.8) is 0 Å². The molecule has 2 N–H and O–H groups in total. The topological polar surface area (TPSA) is 84.5 Å². The molecule has 0 aromatic heterocycles. The molecule has 0 atom stereocenters. The Morgan fingerprint density at radius 2 is 1.82 bits per heavy atom. The van der Waals surface area contributed by atoms with Gasteiger partial charge in [-0.15, -0.1) is 0 Å². The minimum Gasteiger partial charge on any atom is -0.466 e. The van der Waals surface area contributed by atoms with Crippen LogP contribution in [0.4, 0.5) is 5.69 Å². The van der Waals surface area contributed by atoms with E-state index in [1.165, 1.54) is 6.92 Å². The van der Waals surface area contributed by atoms with E-state index in [1.54, 1.807) is 24.3 Å². The molecule has 2 aromatic rings. The zero-order valence-corrected chi connectivity index (χ0v) is 17.3. The van der Waals surface area contributed by atoms with E-state index in [0.717, 1.165) is 22.9 Å². The summed E-state index contributed by atoms with van der Waals surface area (Å²) in [7, 11) is 0. The highest BCUT2D eigenvalue weighted by Crippen LogP contribution is 2.13. The van der Waals surface area contributed by atoms with Gasteiger partial charge >= 0.3 is 5.97 Å². The Kier molecular flexibility index (Phi) is 8.68. The summed E-state index contributed by atoms with van der Waals surface area (Å²) in [5, 5.41) is 5.56. The van der Waals surface area contributed by atoms with Crippen LogP contribution in [0.5, 0.6) is 0 Å². The molecule has 0 unspecified atom stereocenters. The zero-order valence-electron chi connectivity index (χ0n) is 15.7. The molecule has 28 heavy (non-hydrogen) atoms. The first-order valence-corrected chi connectivity index (χ1v) is 9.79. The fraction of sp³-hybridized carbons (Fsp3) is 0.286. The maximum atomic E-state index is 12.1. The first kappa shape index (κ1) is 21.6. The highest BCUT2D eigenvalue weighted by Gasteiger charge is 2.07. The summed E-state index contributed by atoms with van der Waals surface area (Å²) < 4.78 is 5.81. The van der Waals surface area contributed by atoms with E-state index in [4.69, 9.17) is 4.74 Å². The standard InChI is InChI=1S/C21H23BrN2O4/c1-15(25)28-13-3-5-16-4-2-6-19(14-16)24-20(26)11-12-23-21(27)17-7-9-18(22)10-8-17/h2,4,6-10,14H,3,5,11-13H2,1H3,(H,23,27)(H,24,26). The largest absolute Gasteiger partial charge is 0.466 e. The molecule has 0 heterocycles. The smallest absolute Gasteiger partial charge is 0.302 e. The minimum absolute atomic E-state index is 0.173. The predicted molar refractivity (Wildman–Crippen MR) is 111 cm³/mol. The summed E-state index contributed by atoms with van der Waals surface area (Å²) in [6, 6.07) is 14.6. The van der Waals surface area contributed by atoms with E-state index < -0.39 is 0 Å². The molecule has 7 heteroatoms. The summed E-state index contributed by atoms with van der Waals surface area (Å²) in [6.45, 7) is 2.02. The summed E-state index contributed by atoms with van der Waals surface area (Å²) in [4.78, 5) is 34.9. The maximum Gasteiger partial charge on any atom is 0.302 e. The number of esters is 1. The van der Waals surface area contributed by atoms with Crippen molar-refractivity contribution in [2.75, 3.05) is 18.5 Å². The van der Waals surface area contributed by atoms with Crippen molar-refractivity contribution in [2.45, 2.75) is 26.2 Å². The van der Waals surface area contributed by atoms with E-state index >= 15 is 0 Å². The fourth-order valence-corrected chi connectivity index (χ4v) is 2.78. The third kappa shape index (κ3) is 7.92. The van der Waals surface area contributed by atoms with Crippen LogP contribution in [-0.4, -0.2) is 30.9 Å². The molecular formula is C21H23BrN2O4. The number of benzene rings is 2. The molecule has 2 rings (SSSR count). The average Bonchev–Trinajstić information content (AvgIpc) is 2.66. The van der Waals surface area contributed by atoms with Crippen LogP contribution in [0.2, 0.25) is 0 Å². The molecule has 0 fully saturated rings. The van der Waals surface area contributed by atoms with Gasteiger partial charge in [-0.05, 0) is 54.8 Å². The van der Waals surface area contributed by atoms with Crippen LogP contribution < -0.4 is 10.6 Å². The Bertz CT molecular complexity index is 821. The number of hydrogen-bond donors (Lipinski definition) is 2. The van der Waals surface area contributed by atoms with E-state index in [9.17, 15) is 14.4 Å². The summed E-state index contributed by atoms with van der Waals surface area (Å²) in [5.74, 6) is -0.670. The van der Waals surface area contributed by atoms with Crippen molar-refractivity contribution in [3.05, 3.63) is 64.1 Å². The normalized spacial score (nSPS) is 10.2. The summed E-state index contributed by atoms with van der Waals surface area (Å²) in [5.41, 5.74) is 2.30. The second-order valence-corrected chi connectivity index (χ2v) is 7.12. The second-order valence-electron chi connectivity index (χ2n) is 6.20. The number of carbonyl (C=O) groups excluding carboxylic acids is 3. The van der Waals surface area contributed by atoms with Crippen LogP contribution in [0.25, 0.3) is 0 Å². The third-order valence-electron chi connectivity index (χ3n) is 3.87. The Hall–Kier alpha value is -2.67. The molecule has 0 saturated heterocycles. The second kappa shape index (κ2) is 11.2. The van der Waals surface area contributed by atoms with Gasteiger partial charge in [-0.25, -0.2) is 0 Å². The molecule has 2 amide bonds. The van der Waals surface area contributed by atoms with Crippen LogP contribution in [0.1, 0.15) is 35.7 Å². The predicted octanol–water partition coefficient (Wildman–Crippen LogP) is 3.70. The number of ether oxygens (including phenoxy) is 1. The number of aryl methyl sites for hydroxylation is 1. The van der Waals surface area contributed by atoms with Gasteiger partial charge in [0.15, 0.2) is 0 Å².